The topological polar surface area (TPSA) is 45.5 Å². The van der Waals surface area contributed by atoms with Crippen molar-refractivity contribution in [2.45, 2.75) is 18.3 Å². The zero-order valence-electron chi connectivity index (χ0n) is 10.1. The van der Waals surface area contributed by atoms with Gasteiger partial charge in [0.15, 0.2) is 6.10 Å². The van der Waals surface area contributed by atoms with Crippen molar-refractivity contribution in [1.82, 2.24) is 0 Å². The summed E-state index contributed by atoms with van der Waals surface area (Å²) in [5, 5.41) is 8.94. The SMILES string of the molecule is N#Cc1ccc2c(c1)[C@@H]1O[C@@H]1[C@@H](c1ccccc1)O2. The molecule has 2 aromatic rings. The molecular formula is C16H11NO2. The van der Waals surface area contributed by atoms with E-state index in [4.69, 9.17) is 14.7 Å². The average molecular weight is 249 g/mol. The summed E-state index contributed by atoms with van der Waals surface area (Å²) in [7, 11) is 0. The van der Waals surface area contributed by atoms with Crippen LogP contribution in [0, 0.1) is 11.3 Å². The van der Waals surface area contributed by atoms with Crippen LogP contribution in [-0.4, -0.2) is 6.10 Å². The van der Waals surface area contributed by atoms with Gasteiger partial charge in [-0.15, -0.1) is 0 Å². The van der Waals surface area contributed by atoms with Gasteiger partial charge in [-0.25, -0.2) is 0 Å². The van der Waals surface area contributed by atoms with Crippen molar-refractivity contribution in [1.29, 1.82) is 5.26 Å². The molecule has 2 aliphatic rings. The number of fused-ring (bicyclic) bond motifs is 3. The molecule has 3 heteroatoms. The molecule has 0 N–H and O–H groups in total. The quantitative estimate of drug-likeness (QED) is 0.729. The van der Waals surface area contributed by atoms with E-state index in [1.54, 1.807) is 6.07 Å². The first-order chi connectivity index (χ1) is 9.36. The number of benzene rings is 2. The molecule has 19 heavy (non-hydrogen) atoms. The fraction of sp³-hybridized carbons (Fsp3) is 0.188. The monoisotopic (exact) mass is 249 g/mol. The van der Waals surface area contributed by atoms with Gasteiger partial charge in [0.1, 0.15) is 18.0 Å². The Kier molecular flexibility index (Phi) is 2.14. The Bertz CT molecular complexity index is 675. The van der Waals surface area contributed by atoms with Crippen molar-refractivity contribution in [3.63, 3.8) is 0 Å². The molecule has 0 bridgehead atoms. The molecule has 2 heterocycles. The van der Waals surface area contributed by atoms with Gasteiger partial charge in [-0.1, -0.05) is 30.3 Å². The zero-order chi connectivity index (χ0) is 12.8. The number of epoxide rings is 1. The first-order valence-corrected chi connectivity index (χ1v) is 6.28. The minimum atomic E-state index is -0.0494. The molecule has 3 nitrogen and oxygen atoms in total. The van der Waals surface area contributed by atoms with Gasteiger partial charge in [0.05, 0.1) is 11.6 Å². The second kappa shape index (κ2) is 3.84. The van der Waals surface area contributed by atoms with E-state index >= 15 is 0 Å². The highest BCUT2D eigenvalue weighted by molar-refractivity contribution is 5.47. The van der Waals surface area contributed by atoms with Crippen LogP contribution in [0.3, 0.4) is 0 Å². The Morgan fingerprint density at radius 2 is 1.84 bits per heavy atom. The highest BCUT2D eigenvalue weighted by Gasteiger charge is 2.52. The Balaban J connectivity index is 1.73. The Morgan fingerprint density at radius 3 is 2.63 bits per heavy atom. The van der Waals surface area contributed by atoms with Gasteiger partial charge in [0.25, 0.3) is 0 Å². The van der Waals surface area contributed by atoms with E-state index in [2.05, 4.69) is 18.2 Å². The third-order valence-corrected chi connectivity index (χ3v) is 3.65. The van der Waals surface area contributed by atoms with Gasteiger partial charge < -0.3 is 9.47 Å². The number of ether oxygens (including phenoxy) is 2. The Morgan fingerprint density at radius 1 is 1.00 bits per heavy atom. The van der Waals surface area contributed by atoms with Crippen molar-refractivity contribution >= 4 is 0 Å². The van der Waals surface area contributed by atoms with Crippen LogP contribution >= 0.6 is 0 Å². The fourth-order valence-electron chi connectivity index (χ4n) is 2.66. The molecule has 1 saturated heterocycles. The molecule has 0 saturated carbocycles. The van der Waals surface area contributed by atoms with Crippen molar-refractivity contribution in [2.75, 3.05) is 0 Å². The lowest BCUT2D eigenvalue weighted by molar-refractivity contribution is 0.161. The molecule has 2 aliphatic heterocycles. The first-order valence-electron chi connectivity index (χ1n) is 6.28. The molecule has 3 atom stereocenters. The average Bonchev–Trinajstić information content (AvgIpc) is 3.27. The molecule has 0 aromatic heterocycles. The number of nitriles is 1. The number of nitrogens with zero attached hydrogens (tertiary/aromatic N) is 1. The molecular weight excluding hydrogens is 238 g/mol. The fourth-order valence-corrected chi connectivity index (χ4v) is 2.66. The largest absolute Gasteiger partial charge is 0.482 e. The van der Waals surface area contributed by atoms with Crippen LogP contribution in [0.25, 0.3) is 0 Å². The van der Waals surface area contributed by atoms with E-state index in [-0.39, 0.29) is 18.3 Å². The van der Waals surface area contributed by atoms with Crippen LogP contribution < -0.4 is 4.74 Å². The van der Waals surface area contributed by atoms with Crippen LogP contribution in [0.1, 0.15) is 28.9 Å². The summed E-state index contributed by atoms with van der Waals surface area (Å²) in [6.45, 7) is 0. The van der Waals surface area contributed by atoms with Crippen molar-refractivity contribution in [3.8, 4) is 11.8 Å². The maximum absolute atomic E-state index is 8.94. The predicted molar refractivity (Wildman–Crippen MR) is 68.6 cm³/mol. The number of hydrogen-bond donors (Lipinski definition) is 0. The van der Waals surface area contributed by atoms with E-state index in [1.807, 2.05) is 30.3 Å². The van der Waals surface area contributed by atoms with Gasteiger partial charge in [0.2, 0.25) is 0 Å². The first kappa shape index (κ1) is 10.6. The van der Waals surface area contributed by atoms with E-state index in [1.165, 1.54) is 0 Å². The molecule has 0 unspecified atom stereocenters. The van der Waals surface area contributed by atoms with Crippen LogP contribution in [0.4, 0.5) is 0 Å². The molecule has 92 valence electrons. The molecule has 0 radical (unpaired) electrons. The molecule has 0 aliphatic carbocycles. The number of hydrogen-bond acceptors (Lipinski definition) is 3. The van der Waals surface area contributed by atoms with E-state index in [9.17, 15) is 0 Å². The van der Waals surface area contributed by atoms with Gasteiger partial charge >= 0.3 is 0 Å². The van der Waals surface area contributed by atoms with Gasteiger partial charge in [-0.3, -0.25) is 0 Å². The summed E-state index contributed by atoms with van der Waals surface area (Å²) in [6, 6.07) is 17.8. The molecule has 2 aromatic carbocycles. The standard InChI is InChI=1S/C16H11NO2/c17-9-10-6-7-13-12(8-10)15-16(19-15)14(18-13)11-4-2-1-3-5-11/h1-8,14-16H/t14-,15+,16-/m1/s1. The lowest BCUT2D eigenvalue weighted by atomic mass is 9.96. The van der Waals surface area contributed by atoms with Crippen molar-refractivity contribution < 1.29 is 9.47 Å². The van der Waals surface area contributed by atoms with Gasteiger partial charge in [-0.05, 0) is 23.8 Å². The normalized spacial score (nSPS) is 26.6. The summed E-state index contributed by atoms with van der Waals surface area (Å²) < 4.78 is 11.8. The van der Waals surface area contributed by atoms with Crippen LogP contribution in [-0.2, 0) is 4.74 Å². The summed E-state index contributed by atoms with van der Waals surface area (Å²) in [5.41, 5.74) is 2.77. The summed E-state index contributed by atoms with van der Waals surface area (Å²) >= 11 is 0. The minimum Gasteiger partial charge on any atom is -0.482 e. The highest BCUT2D eigenvalue weighted by Crippen LogP contribution is 2.54. The second-order valence-corrected chi connectivity index (χ2v) is 4.83. The molecule has 0 spiro atoms. The van der Waals surface area contributed by atoms with E-state index in [0.717, 1.165) is 16.9 Å². The molecule has 0 amide bonds. The maximum Gasteiger partial charge on any atom is 0.153 e. The smallest absolute Gasteiger partial charge is 0.153 e. The summed E-state index contributed by atoms with van der Waals surface area (Å²) in [6.07, 6.45) is 0.0951. The van der Waals surface area contributed by atoms with Crippen LogP contribution in [0.2, 0.25) is 0 Å². The molecule has 1 fully saturated rings. The lowest BCUT2D eigenvalue weighted by Gasteiger charge is -2.23. The maximum atomic E-state index is 8.94. The minimum absolute atomic E-state index is 0.0494. The Labute approximate surface area is 111 Å². The summed E-state index contributed by atoms with van der Waals surface area (Å²) in [5.74, 6) is 0.826. The van der Waals surface area contributed by atoms with Crippen LogP contribution in [0.5, 0.6) is 5.75 Å². The third kappa shape index (κ3) is 1.61. The highest BCUT2D eigenvalue weighted by atomic mass is 16.6. The van der Waals surface area contributed by atoms with Crippen molar-refractivity contribution in [2.24, 2.45) is 0 Å². The Hall–Kier alpha value is -2.31. The zero-order valence-corrected chi connectivity index (χ0v) is 10.1. The van der Waals surface area contributed by atoms with E-state index < -0.39 is 0 Å². The lowest BCUT2D eigenvalue weighted by Crippen LogP contribution is -2.19. The molecule has 4 rings (SSSR count). The third-order valence-electron chi connectivity index (χ3n) is 3.65. The van der Waals surface area contributed by atoms with Gasteiger partial charge in [0, 0.05) is 5.56 Å². The van der Waals surface area contributed by atoms with Crippen LogP contribution in [0.15, 0.2) is 48.5 Å². The summed E-state index contributed by atoms with van der Waals surface area (Å²) in [4.78, 5) is 0. The predicted octanol–water partition coefficient (Wildman–Crippen LogP) is 3.13. The van der Waals surface area contributed by atoms with Crippen molar-refractivity contribution in [3.05, 3.63) is 65.2 Å². The second-order valence-electron chi connectivity index (χ2n) is 4.83. The number of rotatable bonds is 1. The van der Waals surface area contributed by atoms with Gasteiger partial charge in [-0.2, -0.15) is 5.26 Å². The van der Waals surface area contributed by atoms with E-state index in [0.29, 0.717) is 5.56 Å².